The third kappa shape index (κ3) is 3.51. The van der Waals surface area contributed by atoms with Crippen molar-refractivity contribution in [2.45, 2.75) is 32.1 Å². The van der Waals surface area contributed by atoms with Crippen LogP contribution >= 0.6 is 0 Å². The van der Waals surface area contributed by atoms with Gasteiger partial charge in [-0.2, -0.15) is 0 Å². The van der Waals surface area contributed by atoms with Crippen LogP contribution in [0.5, 0.6) is 0 Å². The summed E-state index contributed by atoms with van der Waals surface area (Å²) in [5.41, 5.74) is 3.49. The molecule has 0 saturated heterocycles. The highest BCUT2D eigenvalue weighted by atomic mass is 16.3. The van der Waals surface area contributed by atoms with Crippen LogP contribution < -0.4 is 10.9 Å². The molecule has 5 nitrogen and oxygen atoms in total. The van der Waals surface area contributed by atoms with Crippen LogP contribution in [0.25, 0.3) is 0 Å². The topological polar surface area (TPSA) is 82.2 Å². The van der Waals surface area contributed by atoms with Gasteiger partial charge in [0.2, 0.25) is 0 Å². The number of hydrogen-bond acceptors (Lipinski definition) is 3. The van der Waals surface area contributed by atoms with Crippen molar-refractivity contribution in [3.63, 3.8) is 0 Å². The number of hydrogen-bond donors (Lipinski definition) is 3. The summed E-state index contributed by atoms with van der Waals surface area (Å²) in [6.07, 6.45) is 4.53. The molecule has 23 heavy (non-hydrogen) atoms. The summed E-state index contributed by atoms with van der Waals surface area (Å²) >= 11 is 0. The van der Waals surface area contributed by atoms with Gasteiger partial charge in [0.15, 0.2) is 0 Å². The first kappa shape index (κ1) is 15.5. The number of H-pyrrole nitrogens is 1. The maximum absolute atomic E-state index is 12.4. The van der Waals surface area contributed by atoms with Crippen LogP contribution in [0.2, 0.25) is 0 Å². The van der Waals surface area contributed by atoms with Crippen molar-refractivity contribution in [2.75, 3.05) is 11.9 Å². The fourth-order valence-electron chi connectivity index (χ4n) is 2.93. The van der Waals surface area contributed by atoms with Crippen molar-refractivity contribution in [3.8, 4) is 0 Å². The van der Waals surface area contributed by atoms with Crippen LogP contribution in [0.3, 0.4) is 0 Å². The number of anilines is 1. The van der Waals surface area contributed by atoms with Crippen LogP contribution in [0.1, 0.15) is 40.0 Å². The summed E-state index contributed by atoms with van der Waals surface area (Å²) in [5.74, 6) is -0.394. The molecule has 1 amide bonds. The molecular weight excluding hydrogens is 292 g/mol. The predicted molar refractivity (Wildman–Crippen MR) is 88.9 cm³/mol. The van der Waals surface area contributed by atoms with Crippen molar-refractivity contribution < 1.29 is 9.90 Å². The number of aromatic amines is 1. The van der Waals surface area contributed by atoms with E-state index >= 15 is 0 Å². The summed E-state index contributed by atoms with van der Waals surface area (Å²) in [5, 5.41) is 11.7. The van der Waals surface area contributed by atoms with Gasteiger partial charge in [-0.25, -0.2) is 0 Å². The molecule has 0 bridgehead atoms. The number of nitrogens with one attached hydrogen (secondary N) is 2. The van der Waals surface area contributed by atoms with Crippen LogP contribution in [0, 0.1) is 0 Å². The van der Waals surface area contributed by atoms with Gasteiger partial charge in [0.25, 0.3) is 11.5 Å². The normalized spacial score (nSPS) is 13.4. The van der Waals surface area contributed by atoms with E-state index in [1.165, 1.54) is 0 Å². The SMILES string of the molecule is O=C(Nc1ccc(CCO)cc1)c1cc2c([nH]c1=O)CCCC2. The van der Waals surface area contributed by atoms with Crippen LogP contribution in [-0.2, 0) is 19.3 Å². The highest BCUT2D eigenvalue weighted by Crippen LogP contribution is 2.19. The monoisotopic (exact) mass is 312 g/mol. The fraction of sp³-hybridized carbons (Fsp3) is 0.333. The summed E-state index contributed by atoms with van der Waals surface area (Å²) in [6, 6.07) is 8.97. The van der Waals surface area contributed by atoms with E-state index < -0.39 is 5.91 Å². The molecule has 3 N–H and O–H groups in total. The number of amides is 1. The second-order valence-electron chi connectivity index (χ2n) is 5.85. The number of rotatable bonds is 4. The lowest BCUT2D eigenvalue weighted by molar-refractivity contribution is 0.102. The van der Waals surface area contributed by atoms with Gasteiger partial charge in [-0.15, -0.1) is 0 Å². The quantitative estimate of drug-likeness (QED) is 0.808. The molecule has 120 valence electrons. The second kappa shape index (κ2) is 6.79. The van der Waals surface area contributed by atoms with E-state index in [0.29, 0.717) is 12.1 Å². The van der Waals surface area contributed by atoms with Gasteiger partial charge in [0.1, 0.15) is 5.56 Å². The Kier molecular flexibility index (Phi) is 4.57. The Labute approximate surface area is 134 Å². The highest BCUT2D eigenvalue weighted by molar-refractivity contribution is 6.04. The number of carbonyl (C=O) groups is 1. The van der Waals surface area contributed by atoms with Crippen molar-refractivity contribution >= 4 is 11.6 Å². The van der Waals surface area contributed by atoms with E-state index in [1.54, 1.807) is 18.2 Å². The van der Waals surface area contributed by atoms with Gasteiger partial charge < -0.3 is 15.4 Å². The molecule has 1 aromatic heterocycles. The van der Waals surface area contributed by atoms with Gasteiger partial charge in [0, 0.05) is 18.0 Å². The predicted octanol–water partition coefficient (Wildman–Crippen LogP) is 2.04. The molecule has 0 atom stereocenters. The number of pyridine rings is 1. The second-order valence-corrected chi connectivity index (χ2v) is 5.85. The molecule has 3 rings (SSSR count). The molecule has 2 aromatic rings. The lowest BCUT2D eigenvalue weighted by Gasteiger charge is -2.16. The van der Waals surface area contributed by atoms with Gasteiger partial charge >= 0.3 is 0 Å². The zero-order chi connectivity index (χ0) is 16.2. The van der Waals surface area contributed by atoms with Crippen molar-refractivity contribution in [1.82, 2.24) is 4.98 Å². The Morgan fingerprint density at radius 2 is 1.91 bits per heavy atom. The minimum atomic E-state index is -0.394. The van der Waals surface area contributed by atoms with Crippen molar-refractivity contribution in [2.24, 2.45) is 0 Å². The van der Waals surface area contributed by atoms with Crippen LogP contribution in [0.15, 0.2) is 35.1 Å². The lowest BCUT2D eigenvalue weighted by Crippen LogP contribution is -2.26. The Hall–Kier alpha value is -2.40. The van der Waals surface area contributed by atoms with E-state index in [9.17, 15) is 9.59 Å². The summed E-state index contributed by atoms with van der Waals surface area (Å²) in [4.78, 5) is 27.3. The minimum absolute atomic E-state index is 0.0935. The van der Waals surface area contributed by atoms with Gasteiger partial charge in [0.05, 0.1) is 0 Å². The molecule has 5 heteroatoms. The summed E-state index contributed by atoms with van der Waals surface area (Å²) in [7, 11) is 0. The maximum Gasteiger partial charge on any atom is 0.261 e. The first-order valence-corrected chi connectivity index (χ1v) is 7.93. The molecule has 1 aliphatic rings. The zero-order valence-electron chi connectivity index (χ0n) is 12.9. The lowest BCUT2D eigenvalue weighted by atomic mass is 9.95. The first-order valence-electron chi connectivity index (χ1n) is 7.93. The molecule has 0 aliphatic heterocycles. The van der Waals surface area contributed by atoms with E-state index in [-0.39, 0.29) is 17.7 Å². The Morgan fingerprint density at radius 3 is 2.65 bits per heavy atom. The van der Waals surface area contributed by atoms with E-state index in [4.69, 9.17) is 5.11 Å². The smallest absolute Gasteiger partial charge is 0.261 e. The standard InChI is InChI=1S/C18H20N2O3/c21-10-9-12-5-7-14(8-6-12)19-17(22)15-11-13-3-1-2-4-16(13)20-18(15)23/h5-8,11,21H,1-4,9-10H2,(H,19,22)(H,20,23). The fourth-order valence-corrected chi connectivity index (χ4v) is 2.93. The van der Waals surface area contributed by atoms with Crippen molar-refractivity contribution in [1.29, 1.82) is 0 Å². The third-order valence-electron chi connectivity index (χ3n) is 4.20. The molecule has 0 fully saturated rings. The number of carbonyl (C=O) groups excluding carboxylic acids is 1. The Bertz CT molecular complexity index is 763. The zero-order valence-corrected chi connectivity index (χ0v) is 12.9. The maximum atomic E-state index is 12.4. The molecule has 1 aromatic carbocycles. The summed E-state index contributed by atoms with van der Waals surface area (Å²) < 4.78 is 0. The number of aliphatic hydroxyl groups is 1. The molecule has 0 spiro atoms. The molecule has 1 aliphatic carbocycles. The molecule has 0 unspecified atom stereocenters. The van der Waals surface area contributed by atoms with Crippen molar-refractivity contribution in [3.05, 3.63) is 63.1 Å². The molecule has 0 radical (unpaired) electrons. The van der Waals surface area contributed by atoms with Gasteiger partial charge in [-0.05, 0) is 61.4 Å². The number of fused-ring (bicyclic) bond motifs is 1. The number of benzene rings is 1. The average molecular weight is 312 g/mol. The third-order valence-corrected chi connectivity index (χ3v) is 4.20. The van der Waals surface area contributed by atoms with Gasteiger partial charge in [-0.3, -0.25) is 9.59 Å². The van der Waals surface area contributed by atoms with E-state index in [1.807, 2.05) is 12.1 Å². The number of aliphatic hydroxyl groups excluding tert-OH is 1. The first-order chi connectivity index (χ1) is 11.2. The largest absolute Gasteiger partial charge is 0.396 e. The highest BCUT2D eigenvalue weighted by Gasteiger charge is 2.17. The number of aryl methyl sites for hydroxylation is 2. The Balaban J connectivity index is 1.79. The van der Waals surface area contributed by atoms with E-state index in [0.717, 1.165) is 42.5 Å². The Morgan fingerprint density at radius 1 is 1.17 bits per heavy atom. The van der Waals surface area contributed by atoms with Gasteiger partial charge in [-0.1, -0.05) is 12.1 Å². The number of aromatic nitrogens is 1. The van der Waals surface area contributed by atoms with Crippen LogP contribution in [-0.4, -0.2) is 22.6 Å². The van der Waals surface area contributed by atoms with Crippen LogP contribution in [0.4, 0.5) is 5.69 Å². The van der Waals surface area contributed by atoms with E-state index in [2.05, 4.69) is 10.3 Å². The molecule has 0 saturated carbocycles. The molecular formula is C18H20N2O3. The molecule has 1 heterocycles. The minimum Gasteiger partial charge on any atom is -0.396 e. The summed E-state index contributed by atoms with van der Waals surface area (Å²) in [6.45, 7) is 0.0935. The average Bonchev–Trinajstić information content (AvgIpc) is 2.56.